The van der Waals surface area contributed by atoms with Gasteiger partial charge < -0.3 is 15.9 Å². The number of carboxylic acids is 1. The molecule has 1 atom stereocenters. The van der Waals surface area contributed by atoms with E-state index < -0.39 is 23.5 Å². The molecule has 4 N–H and O–H groups in total. The number of hydrogen-bond donors (Lipinski definition) is 3. The summed E-state index contributed by atoms with van der Waals surface area (Å²) in [7, 11) is 0. The third-order valence-electron chi connectivity index (χ3n) is 3.74. The largest absolute Gasteiger partial charge is 0.481 e. The number of carboxylic acid groups (broad SMARTS) is 1. The Kier molecular flexibility index (Phi) is 5.41. The Balaban J connectivity index is 2.52. The van der Waals surface area contributed by atoms with Crippen molar-refractivity contribution in [2.24, 2.45) is 5.73 Å². The molecule has 0 amide bonds. The number of aliphatic carboxylic acids is 1. The maximum Gasteiger partial charge on any atom is 0.304 e. The SMILES string of the molecule is NCc1ccc(C(CC(=O)O)c2ccc(F)cc2F)cc1CO. The maximum atomic E-state index is 14.1. The fraction of sp³-hybridized carbons (Fsp3) is 0.235. The molecule has 6 heteroatoms. The highest BCUT2D eigenvalue weighted by Gasteiger charge is 2.22. The molecule has 122 valence electrons. The van der Waals surface area contributed by atoms with E-state index in [1.54, 1.807) is 18.2 Å². The van der Waals surface area contributed by atoms with Crippen LogP contribution in [0.15, 0.2) is 36.4 Å². The standard InChI is InChI=1S/C17H17F2NO3/c18-13-3-4-14(16(19)6-13)15(7-17(22)23)10-1-2-11(8-20)12(5-10)9-21/h1-6,15,21H,7-9,20H2,(H,22,23). The lowest BCUT2D eigenvalue weighted by Gasteiger charge is -2.19. The number of nitrogens with two attached hydrogens (primary N) is 1. The lowest BCUT2D eigenvalue weighted by molar-refractivity contribution is -0.137. The van der Waals surface area contributed by atoms with Gasteiger partial charge in [0.1, 0.15) is 11.6 Å². The second-order valence-electron chi connectivity index (χ2n) is 5.21. The number of carbonyl (C=O) groups is 1. The molecule has 0 aromatic heterocycles. The van der Waals surface area contributed by atoms with Crippen LogP contribution in [0.4, 0.5) is 8.78 Å². The Bertz CT molecular complexity index is 719. The molecule has 4 nitrogen and oxygen atoms in total. The zero-order valence-electron chi connectivity index (χ0n) is 12.3. The maximum absolute atomic E-state index is 14.1. The topological polar surface area (TPSA) is 83.6 Å². The first-order valence-electron chi connectivity index (χ1n) is 7.05. The lowest BCUT2D eigenvalue weighted by atomic mass is 9.86. The minimum Gasteiger partial charge on any atom is -0.481 e. The first-order chi connectivity index (χ1) is 11.0. The zero-order valence-corrected chi connectivity index (χ0v) is 12.3. The van der Waals surface area contributed by atoms with Gasteiger partial charge >= 0.3 is 5.97 Å². The first kappa shape index (κ1) is 17.1. The molecule has 1 unspecified atom stereocenters. The Morgan fingerprint density at radius 2 is 1.87 bits per heavy atom. The van der Waals surface area contributed by atoms with E-state index in [2.05, 4.69) is 0 Å². The molecule has 0 radical (unpaired) electrons. The van der Waals surface area contributed by atoms with E-state index in [0.717, 1.165) is 17.7 Å². The van der Waals surface area contributed by atoms with E-state index in [0.29, 0.717) is 11.1 Å². The van der Waals surface area contributed by atoms with E-state index in [9.17, 15) is 18.7 Å². The molecule has 0 bridgehead atoms. The van der Waals surface area contributed by atoms with Crippen molar-refractivity contribution in [1.29, 1.82) is 0 Å². The normalized spacial score (nSPS) is 12.2. The quantitative estimate of drug-likeness (QED) is 0.763. The average molecular weight is 321 g/mol. The summed E-state index contributed by atoms with van der Waals surface area (Å²) >= 11 is 0. The number of aliphatic hydroxyl groups is 1. The fourth-order valence-electron chi connectivity index (χ4n) is 2.58. The van der Waals surface area contributed by atoms with Crippen molar-refractivity contribution >= 4 is 5.97 Å². The molecule has 0 aliphatic heterocycles. The van der Waals surface area contributed by atoms with Crippen molar-refractivity contribution in [2.45, 2.75) is 25.5 Å². The van der Waals surface area contributed by atoms with Gasteiger partial charge in [0.05, 0.1) is 13.0 Å². The number of hydrogen-bond acceptors (Lipinski definition) is 3. The molecular formula is C17H17F2NO3. The summed E-state index contributed by atoms with van der Waals surface area (Å²) in [5.74, 6) is -3.42. The highest BCUT2D eigenvalue weighted by molar-refractivity contribution is 5.69. The van der Waals surface area contributed by atoms with Gasteiger partial charge in [0.2, 0.25) is 0 Å². The number of aliphatic hydroxyl groups excluding tert-OH is 1. The Hall–Kier alpha value is -2.31. The minimum atomic E-state index is -1.10. The Labute approximate surface area is 132 Å². The van der Waals surface area contributed by atoms with Gasteiger partial charge in [0.15, 0.2) is 0 Å². The molecule has 0 spiro atoms. The van der Waals surface area contributed by atoms with Crippen LogP contribution in [0, 0.1) is 11.6 Å². The summed E-state index contributed by atoms with van der Waals surface area (Å²) in [6, 6.07) is 8.00. The second kappa shape index (κ2) is 7.30. The predicted molar refractivity (Wildman–Crippen MR) is 80.7 cm³/mol. The van der Waals surface area contributed by atoms with Crippen LogP contribution in [-0.4, -0.2) is 16.2 Å². The zero-order chi connectivity index (χ0) is 17.0. The second-order valence-corrected chi connectivity index (χ2v) is 5.21. The van der Waals surface area contributed by atoms with Gasteiger partial charge in [-0.15, -0.1) is 0 Å². The highest BCUT2D eigenvalue weighted by Crippen LogP contribution is 2.31. The summed E-state index contributed by atoms with van der Waals surface area (Å²) in [6.45, 7) is -0.0310. The molecule has 23 heavy (non-hydrogen) atoms. The number of benzene rings is 2. The van der Waals surface area contributed by atoms with Gasteiger partial charge in [-0.3, -0.25) is 4.79 Å². The van der Waals surface area contributed by atoms with E-state index in [4.69, 9.17) is 10.8 Å². The summed E-state index contributed by atoms with van der Waals surface area (Å²) in [6.07, 6.45) is -0.352. The van der Waals surface area contributed by atoms with Crippen LogP contribution < -0.4 is 5.73 Å². The first-order valence-corrected chi connectivity index (χ1v) is 7.05. The van der Waals surface area contributed by atoms with Crippen LogP contribution in [-0.2, 0) is 17.9 Å². The summed E-state index contributed by atoms with van der Waals surface area (Å²) in [4.78, 5) is 11.1. The van der Waals surface area contributed by atoms with Gasteiger partial charge in [0.25, 0.3) is 0 Å². The van der Waals surface area contributed by atoms with Crippen molar-refractivity contribution in [3.05, 3.63) is 70.3 Å². The van der Waals surface area contributed by atoms with E-state index in [-0.39, 0.29) is 25.1 Å². The monoisotopic (exact) mass is 321 g/mol. The summed E-state index contributed by atoms with van der Waals surface area (Å²) in [5, 5.41) is 18.5. The van der Waals surface area contributed by atoms with Crippen LogP contribution >= 0.6 is 0 Å². The smallest absolute Gasteiger partial charge is 0.304 e. The van der Waals surface area contributed by atoms with Crippen LogP contribution in [0.3, 0.4) is 0 Å². The molecule has 0 aliphatic carbocycles. The fourth-order valence-corrected chi connectivity index (χ4v) is 2.58. The van der Waals surface area contributed by atoms with Crippen LogP contribution in [0.1, 0.15) is 34.6 Å². The van der Waals surface area contributed by atoms with Crippen LogP contribution in [0.2, 0.25) is 0 Å². The van der Waals surface area contributed by atoms with Gasteiger partial charge in [-0.05, 0) is 28.3 Å². The Morgan fingerprint density at radius 3 is 2.43 bits per heavy atom. The molecule has 0 aliphatic rings. The number of halogens is 2. The average Bonchev–Trinajstić information content (AvgIpc) is 2.52. The van der Waals surface area contributed by atoms with Gasteiger partial charge in [-0.2, -0.15) is 0 Å². The van der Waals surface area contributed by atoms with Crippen molar-refractivity contribution in [3.8, 4) is 0 Å². The molecule has 0 saturated heterocycles. The Morgan fingerprint density at radius 1 is 1.13 bits per heavy atom. The third kappa shape index (κ3) is 3.91. The third-order valence-corrected chi connectivity index (χ3v) is 3.74. The molecule has 2 aromatic rings. The lowest BCUT2D eigenvalue weighted by Crippen LogP contribution is -2.11. The van der Waals surface area contributed by atoms with Crippen molar-refractivity contribution in [3.63, 3.8) is 0 Å². The highest BCUT2D eigenvalue weighted by atomic mass is 19.1. The molecule has 0 fully saturated rings. The molecule has 2 rings (SSSR count). The molecule has 2 aromatic carbocycles. The van der Waals surface area contributed by atoms with Crippen LogP contribution in [0.5, 0.6) is 0 Å². The van der Waals surface area contributed by atoms with E-state index in [1.807, 2.05) is 0 Å². The van der Waals surface area contributed by atoms with Crippen LogP contribution in [0.25, 0.3) is 0 Å². The van der Waals surface area contributed by atoms with Gasteiger partial charge in [-0.25, -0.2) is 8.78 Å². The van der Waals surface area contributed by atoms with E-state index in [1.165, 1.54) is 6.07 Å². The van der Waals surface area contributed by atoms with Crippen molar-refractivity contribution < 1.29 is 23.8 Å². The summed E-state index contributed by atoms with van der Waals surface area (Å²) in [5.41, 5.74) is 7.49. The van der Waals surface area contributed by atoms with Gasteiger partial charge in [-0.1, -0.05) is 24.3 Å². The molecular weight excluding hydrogens is 304 g/mol. The van der Waals surface area contributed by atoms with Gasteiger partial charge in [0, 0.05) is 18.5 Å². The molecule has 0 saturated carbocycles. The van der Waals surface area contributed by atoms with Crippen molar-refractivity contribution in [1.82, 2.24) is 0 Å². The van der Waals surface area contributed by atoms with E-state index >= 15 is 0 Å². The summed E-state index contributed by atoms with van der Waals surface area (Å²) < 4.78 is 27.2. The number of rotatable bonds is 6. The minimum absolute atomic E-state index is 0.0955. The molecule has 0 heterocycles. The van der Waals surface area contributed by atoms with Crippen molar-refractivity contribution in [2.75, 3.05) is 0 Å². The predicted octanol–water partition coefficient (Wildman–Crippen LogP) is 2.52.